The van der Waals surface area contributed by atoms with Gasteiger partial charge in [-0.3, -0.25) is 0 Å². The minimum Gasteiger partial charge on any atom is -0.367 e. The van der Waals surface area contributed by atoms with Gasteiger partial charge in [0.25, 0.3) is 0 Å². The molecule has 0 fully saturated rings. The summed E-state index contributed by atoms with van der Waals surface area (Å²) in [6, 6.07) is 16.9. The van der Waals surface area contributed by atoms with Crippen molar-refractivity contribution in [2.75, 3.05) is 13.2 Å². The minimum absolute atomic E-state index is 0.0373. The molecule has 0 atom stereocenters. The fraction of sp³-hybridized carbons (Fsp3) is 0.294. The molecular formula is C17H21NO. The Morgan fingerprint density at radius 3 is 1.63 bits per heavy atom. The van der Waals surface area contributed by atoms with Crippen molar-refractivity contribution in [1.82, 2.24) is 0 Å². The first kappa shape index (κ1) is 13.8. The van der Waals surface area contributed by atoms with Gasteiger partial charge in [-0.15, -0.1) is 0 Å². The van der Waals surface area contributed by atoms with Crippen molar-refractivity contribution in [3.05, 3.63) is 70.8 Å². The quantitative estimate of drug-likeness (QED) is 0.889. The Kier molecular flexibility index (Phi) is 4.72. The van der Waals surface area contributed by atoms with Crippen LogP contribution in [0.5, 0.6) is 0 Å². The van der Waals surface area contributed by atoms with Gasteiger partial charge in [0.05, 0.1) is 6.61 Å². The van der Waals surface area contributed by atoms with Gasteiger partial charge in [-0.2, -0.15) is 0 Å². The fourth-order valence-corrected chi connectivity index (χ4v) is 2.05. The van der Waals surface area contributed by atoms with Crippen molar-refractivity contribution < 1.29 is 4.74 Å². The molecule has 0 aliphatic carbocycles. The molecular weight excluding hydrogens is 234 g/mol. The maximum atomic E-state index is 5.92. The summed E-state index contributed by atoms with van der Waals surface area (Å²) >= 11 is 0. The van der Waals surface area contributed by atoms with Crippen LogP contribution in [-0.4, -0.2) is 13.2 Å². The summed E-state index contributed by atoms with van der Waals surface area (Å²) in [5.41, 5.74) is 10.4. The third-order valence-corrected chi connectivity index (χ3v) is 3.16. The second-order valence-corrected chi connectivity index (χ2v) is 4.86. The van der Waals surface area contributed by atoms with E-state index in [2.05, 4.69) is 62.4 Å². The van der Waals surface area contributed by atoms with Crippen molar-refractivity contribution in [3.8, 4) is 0 Å². The van der Waals surface area contributed by atoms with Crippen molar-refractivity contribution in [2.24, 2.45) is 5.73 Å². The molecule has 0 bridgehead atoms. The van der Waals surface area contributed by atoms with E-state index in [4.69, 9.17) is 10.5 Å². The Bertz CT molecular complexity index is 456. The average molecular weight is 255 g/mol. The zero-order valence-corrected chi connectivity index (χ0v) is 11.6. The maximum absolute atomic E-state index is 5.92. The highest BCUT2D eigenvalue weighted by Gasteiger charge is 2.14. The molecule has 0 unspecified atom stereocenters. The van der Waals surface area contributed by atoms with E-state index in [1.807, 2.05) is 0 Å². The lowest BCUT2D eigenvalue weighted by Crippen LogP contribution is -2.13. The fourth-order valence-electron chi connectivity index (χ4n) is 2.05. The van der Waals surface area contributed by atoms with Gasteiger partial charge >= 0.3 is 0 Å². The molecule has 19 heavy (non-hydrogen) atoms. The summed E-state index contributed by atoms with van der Waals surface area (Å²) in [7, 11) is 0. The number of nitrogens with two attached hydrogens (primary N) is 1. The number of benzene rings is 2. The van der Waals surface area contributed by atoms with E-state index in [9.17, 15) is 0 Å². The largest absolute Gasteiger partial charge is 0.367 e. The van der Waals surface area contributed by atoms with Crippen LogP contribution >= 0.6 is 0 Å². The second-order valence-electron chi connectivity index (χ2n) is 4.86. The molecule has 0 radical (unpaired) electrons. The third-order valence-electron chi connectivity index (χ3n) is 3.16. The molecule has 0 saturated carbocycles. The highest BCUT2D eigenvalue weighted by Crippen LogP contribution is 2.26. The van der Waals surface area contributed by atoms with Crippen molar-refractivity contribution in [1.29, 1.82) is 0 Å². The lowest BCUT2D eigenvalue weighted by atomic mass is 9.99. The molecule has 2 rings (SSSR count). The van der Waals surface area contributed by atoms with Crippen LogP contribution in [0.15, 0.2) is 48.5 Å². The van der Waals surface area contributed by atoms with E-state index < -0.39 is 0 Å². The lowest BCUT2D eigenvalue weighted by molar-refractivity contribution is 0.0864. The molecule has 0 saturated heterocycles. The number of ether oxygens (including phenoxy) is 1. The Balaban J connectivity index is 2.29. The summed E-state index contributed by atoms with van der Waals surface area (Å²) in [6.45, 7) is 5.28. The predicted molar refractivity (Wildman–Crippen MR) is 79.2 cm³/mol. The smallest absolute Gasteiger partial charge is 0.108 e. The molecule has 0 aromatic heterocycles. The molecule has 0 amide bonds. The molecule has 2 heteroatoms. The first-order chi connectivity index (χ1) is 9.20. The van der Waals surface area contributed by atoms with Gasteiger partial charge < -0.3 is 10.5 Å². The van der Waals surface area contributed by atoms with Gasteiger partial charge in [0.2, 0.25) is 0 Å². The van der Waals surface area contributed by atoms with Crippen LogP contribution in [0.4, 0.5) is 0 Å². The van der Waals surface area contributed by atoms with E-state index in [1.165, 1.54) is 22.3 Å². The van der Waals surface area contributed by atoms with Gasteiger partial charge in [-0.25, -0.2) is 0 Å². The monoisotopic (exact) mass is 255 g/mol. The van der Waals surface area contributed by atoms with E-state index in [-0.39, 0.29) is 6.10 Å². The van der Waals surface area contributed by atoms with Gasteiger partial charge in [0, 0.05) is 6.54 Å². The first-order valence-electron chi connectivity index (χ1n) is 6.65. The van der Waals surface area contributed by atoms with Gasteiger partial charge in [0.15, 0.2) is 0 Å². The molecule has 2 aromatic carbocycles. The Hall–Kier alpha value is -1.64. The van der Waals surface area contributed by atoms with Crippen LogP contribution in [0.2, 0.25) is 0 Å². The van der Waals surface area contributed by atoms with Gasteiger partial charge in [0.1, 0.15) is 6.10 Å². The van der Waals surface area contributed by atoms with E-state index in [0.717, 1.165) is 0 Å². The topological polar surface area (TPSA) is 35.2 Å². The average Bonchev–Trinajstić information content (AvgIpc) is 2.43. The van der Waals surface area contributed by atoms with E-state index >= 15 is 0 Å². The molecule has 0 aliphatic rings. The Morgan fingerprint density at radius 2 is 1.26 bits per heavy atom. The van der Waals surface area contributed by atoms with E-state index in [0.29, 0.717) is 13.2 Å². The SMILES string of the molecule is Cc1ccc(C(OCCN)c2ccc(C)cc2)cc1. The van der Waals surface area contributed by atoms with Crippen molar-refractivity contribution >= 4 is 0 Å². The maximum Gasteiger partial charge on any atom is 0.108 e. The summed E-state index contributed by atoms with van der Waals surface area (Å²) < 4.78 is 5.92. The zero-order valence-electron chi connectivity index (χ0n) is 11.6. The summed E-state index contributed by atoms with van der Waals surface area (Å²) in [6.07, 6.45) is -0.0373. The van der Waals surface area contributed by atoms with Crippen LogP contribution in [0.1, 0.15) is 28.4 Å². The Morgan fingerprint density at radius 1 is 0.842 bits per heavy atom. The van der Waals surface area contributed by atoms with Crippen LogP contribution in [-0.2, 0) is 4.74 Å². The Labute approximate surface area is 115 Å². The normalized spacial score (nSPS) is 10.9. The zero-order chi connectivity index (χ0) is 13.7. The number of aryl methyl sites for hydroxylation is 2. The molecule has 0 aliphatic heterocycles. The van der Waals surface area contributed by atoms with Crippen LogP contribution < -0.4 is 5.73 Å². The standard InChI is InChI=1S/C17H21NO/c1-13-3-7-15(8-4-13)17(19-12-11-18)16-9-5-14(2)6-10-16/h3-10,17H,11-12,18H2,1-2H3. The highest BCUT2D eigenvalue weighted by atomic mass is 16.5. The summed E-state index contributed by atoms with van der Waals surface area (Å²) in [4.78, 5) is 0. The summed E-state index contributed by atoms with van der Waals surface area (Å²) in [5, 5.41) is 0. The van der Waals surface area contributed by atoms with Crippen LogP contribution in [0.25, 0.3) is 0 Å². The first-order valence-corrected chi connectivity index (χ1v) is 6.65. The van der Waals surface area contributed by atoms with Crippen molar-refractivity contribution in [3.63, 3.8) is 0 Å². The van der Waals surface area contributed by atoms with Gasteiger partial charge in [-0.05, 0) is 25.0 Å². The molecule has 0 spiro atoms. The molecule has 0 heterocycles. The predicted octanol–water partition coefficient (Wildman–Crippen LogP) is 3.37. The molecule has 2 nitrogen and oxygen atoms in total. The summed E-state index contributed by atoms with van der Waals surface area (Å²) in [5.74, 6) is 0. The second kappa shape index (κ2) is 6.50. The third kappa shape index (κ3) is 3.66. The number of rotatable bonds is 5. The van der Waals surface area contributed by atoms with Gasteiger partial charge in [-0.1, -0.05) is 59.7 Å². The van der Waals surface area contributed by atoms with Crippen LogP contribution in [0, 0.1) is 13.8 Å². The highest BCUT2D eigenvalue weighted by molar-refractivity contribution is 5.33. The number of hydrogen-bond donors (Lipinski definition) is 1. The lowest BCUT2D eigenvalue weighted by Gasteiger charge is -2.19. The minimum atomic E-state index is -0.0373. The molecule has 2 N–H and O–H groups in total. The molecule has 2 aromatic rings. The van der Waals surface area contributed by atoms with Crippen molar-refractivity contribution in [2.45, 2.75) is 20.0 Å². The van der Waals surface area contributed by atoms with E-state index in [1.54, 1.807) is 0 Å². The molecule has 100 valence electrons. The number of hydrogen-bond acceptors (Lipinski definition) is 2. The van der Waals surface area contributed by atoms with Crippen LogP contribution in [0.3, 0.4) is 0 Å².